The average molecular weight is 403 g/mol. The van der Waals surface area contributed by atoms with Crippen LogP contribution in [-0.4, -0.2) is 61.1 Å². The molecule has 0 bridgehead atoms. The lowest BCUT2D eigenvalue weighted by atomic mass is 9.78. The van der Waals surface area contributed by atoms with Crippen molar-refractivity contribution in [3.8, 4) is 17.2 Å². The SMILES string of the molecule is COC(=O)C1(C(=O)N2C[C@H]3C[C@@H](Oc4ccc5c(c4)OCO5)[C@H](O)C[C@H]3C2)CC1. The lowest BCUT2D eigenvalue weighted by Crippen LogP contribution is -2.42. The Kier molecular flexibility index (Phi) is 4.34. The van der Waals surface area contributed by atoms with Crippen LogP contribution in [0.15, 0.2) is 18.2 Å². The maximum absolute atomic E-state index is 12.9. The van der Waals surface area contributed by atoms with Gasteiger partial charge in [-0.25, -0.2) is 0 Å². The van der Waals surface area contributed by atoms with Crippen LogP contribution in [0.4, 0.5) is 0 Å². The van der Waals surface area contributed by atoms with E-state index >= 15 is 0 Å². The van der Waals surface area contributed by atoms with Gasteiger partial charge in [0.1, 0.15) is 17.3 Å². The summed E-state index contributed by atoms with van der Waals surface area (Å²) in [4.78, 5) is 26.8. The third-order valence-corrected chi connectivity index (χ3v) is 6.74. The van der Waals surface area contributed by atoms with E-state index in [1.165, 1.54) is 7.11 Å². The molecule has 8 nitrogen and oxygen atoms in total. The molecule has 8 heteroatoms. The van der Waals surface area contributed by atoms with Gasteiger partial charge in [-0.3, -0.25) is 9.59 Å². The number of aliphatic hydroxyl groups is 1. The Morgan fingerprint density at radius 3 is 2.59 bits per heavy atom. The van der Waals surface area contributed by atoms with E-state index in [1.54, 1.807) is 17.0 Å². The van der Waals surface area contributed by atoms with Gasteiger partial charge in [-0.05, 0) is 49.7 Å². The highest BCUT2D eigenvalue weighted by Gasteiger charge is 2.60. The number of esters is 1. The number of aliphatic hydroxyl groups excluding tert-OH is 1. The van der Waals surface area contributed by atoms with Crippen molar-refractivity contribution in [2.45, 2.75) is 37.9 Å². The minimum Gasteiger partial charge on any atom is -0.488 e. The highest BCUT2D eigenvalue weighted by Crippen LogP contribution is 2.50. The Balaban J connectivity index is 1.25. The number of nitrogens with zero attached hydrogens (tertiary/aromatic N) is 1. The van der Waals surface area contributed by atoms with Gasteiger partial charge in [0.15, 0.2) is 11.5 Å². The largest absolute Gasteiger partial charge is 0.488 e. The van der Waals surface area contributed by atoms with E-state index in [4.69, 9.17) is 18.9 Å². The first-order valence-corrected chi connectivity index (χ1v) is 10.1. The maximum atomic E-state index is 12.9. The molecule has 5 rings (SSSR count). The molecule has 0 radical (unpaired) electrons. The number of carbonyl (C=O) groups is 2. The van der Waals surface area contributed by atoms with Crippen LogP contribution < -0.4 is 14.2 Å². The van der Waals surface area contributed by atoms with Crippen molar-refractivity contribution in [3.63, 3.8) is 0 Å². The Morgan fingerprint density at radius 2 is 1.86 bits per heavy atom. The summed E-state index contributed by atoms with van der Waals surface area (Å²) in [6, 6.07) is 5.39. The average Bonchev–Trinajstić information content (AvgIpc) is 3.22. The van der Waals surface area contributed by atoms with Crippen molar-refractivity contribution in [3.05, 3.63) is 18.2 Å². The van der Waals surface area contributed by atoms with E-state index in [9.17, 15) is 14.7 Å². The molecule has 156 valence electrons. The molecule has 2 aliphatic carbocycles. The molecule has 1 saturated heterocycles. The summed E-state index contributed by atoms with van der Waals surface area (Å²) in [5, 5.41) is 10.6. The minimum atomic E-state index is -0.969. The molecule has 1 aromatic carbocycles. The highest BCUT2D eigenvalue weighted by molar-refractivity contribution is 6.05. The van der Waals surface area contributed by atoms with Gasteiger partial charge in [-0.1, -0.05) is 0 Å². The Labute approximate surface area is 168 Å². The number of carbonyl (C=O) groups excluding carboxylic acids is 2. The Bertz CT molecular complexity index is 836. The number of hydrogen-bond acceptors (Lipinski definition) is 7. The van der Waals surface area contributed by atoms with Crippen molar-refractivity contribution < 1.29 is 33.6 Å². The number of amides is 1. The molecule has 2 saturated carbocycles. The first-order chi connectivity index (χ1) is 14.0. The topological polar surface area (TPSA) is 94.5 Å². The zero-order valence-corrected chi connectivity index (χ0v) is 16.3. The van der Waals surface area contributed by atoms with Gasteiger partial charge in [0.2, 0.25) is 12.7 Å². The fraction of sp³-hybridized carbons (Fsp3) is 0.619. The maximum Gasteiger partial charge on any atom is 0.321 e. The van der Waals surface area contributed by atoms with Crippen molar-refractivity contribution in [2.24, 2.45) is 17.3 Å². The lowest BCUT2D eigenvalue weighted by molar-refractivity contribution is -0.155. The Morgan fingerprint density at radius 1 is 1.14 bits per heavy atom. The van der Waals surface area contributed by atoms with Gasteiger partial charge in [0.05, 0.1) is 13.2 Å². The first kappa shape index (κ1) is 18.5. The van der Waals surface area contributed by atoms with Gasteiger partial charge in [-0.15, -0.1) is 0 Å². The van der Waals surface area contributed by atoms with Gasteiger partial charge in [0.25, 0.3) is 0 Å². The molecular formula is C21H25NO7. The first-order valence-electron chi connectivity index (χ1n) is 10.1. The molecular weight excluding hydrogens is 378 g/mol. The molecule has 3 fully saturated rings. The predicted octanol–water partition coefficient (Wildman–Crippen LogP) is 1.35. The molecule has 0 spiro atoms. The second-order valence-corrected chi connectivity index (χ2v) is 8.51. The van der Waals surface area contributed by atoms with Crippen molar-refractivity contribution in [2.75, 3.05) is 27.0 Å². The summed E-state index contributed by atoms with van der Waals surface area (Å²) in [5.74, 6) is 1.87. The number of rotatable bonds is 4. The molecule has 1 N–H and O–H groups in total. The predicted molar refractivity (Wildman–Crippen MR) is 99.5 cm³/mol. The number of fused-ring (bicyclic) bond motifs is 2. The van der Waals surface area contributed by atoms with E-state index < -0.39 is 17.5 Å². The molecule has 4 atom stereocenters. The number of ether oxygens (including phenoxy) is 4. The lowest BCUT2D eigenvalue weighted by Gasteiger charge is -2.35. The summed E-state index contributed by atoms with van der Waals surface area (Å²) < 4.78 is 21.6. The third-order valence-electron chi connectivity index (χ3n) is 6.74. The van der Waals surface area contributed by atoms with Gasteiger partial charge in [0, 0.05) is 19.2 Å². The van der Waals surface area contributed by atoms with E-state index in [0.717, 1.165) is 0 Å². The molecule has 2 heterocycles. The zero-order chi connectivity index (χ0) is 20.2. The summed E-state index contributed by atoms with van der Waals surface area (Å²) >= 11 is 0. The van der Waals surface area contributed by atoms with Crippen molar-refractivity contribution in [1.29, 1.82) is 0 Å². The third kappa shape index (κ3) is 3.10. The number of hydrogen-bond donors (Lipinski definition) is 1. The van der Waals surface area contributed by atoms with Crippen LogP contribution in [0.2, 0.25) is 0 Å². The minimum absolute atomic E-state index is 0.124. The van der Waals surface area contributed by atoms with Gasteiger partial charge in [-0.2, -0.15) is 0 Å². The molecule has 2 aliphatic heterocycles. The van der Waals surface area contributed by atoms with E-state index in [0.29, 0.717) is 56.0 Å². The standard InChI is InChI=1S/C21H25NO7/c1-26-20(25)21(4-5-21)19(24)22-9-12-6-15(23)17(7-13(12)10-22)29-14-2-3-16-18(8-14)28-11-27-16/h2-3,8,12-13,15,17,23H,4-7,9-11H2,1H3/t12-,13+,15+,17+/m0/s1. The number of benzene rings is 1. The Hall–Kier alpha value is -2.48. The summed E-state index contributed by atoms with van der Waals surface area (Å²) in [6.07, 6.45) is 1.41. The molecule has 0 aromatic heterocycles. The van der Waals surface area contributed by atoms with Crippen LogP contribution in [0.5, 0.6) is 17.2 Å². The monoisotopic (exact) mass is 403 g/mol. The van der Waals surface area contributed by atoms with Crippen molar-refractivity contribution >= 4 is 11.9 Å². The van der Waals surface area contributed by atoms with Crippen LogP contribution in [0.3, 0.4) is 0 Å². The van der Waals surface area contributed by atoms with Gasteiger partial charge < -0.3 is 29.0 Å². The zero-order valence-electron chi connectivity index (χ0n) is 16.3. The van der Waals surface area contributed by atoms with Crippen LogP contribution in [0, 0.1) is 17.3 Å². The summed E-state index contributed by atoms with van der Waals surface area (Å²) in [6.45, 7) is 1.37. The van der Waals surface area contributed by atoms with E-state index in [1.807, 2.05) is 6.07 Å². The molecule has 1 amide bonds. The highest BCUT2D eigenvalue weighted by atomic mass is 16.7. The van der Waals surface area contributed by atoms with Crippen LogP contribution >= 0.6 is 0 Å². The summed E-state index contributed by atoms with van der Waals surface area (Å²) in [5.41, 5.74) is -0.969. The molecule has 1 aromatic rings. The summed E-state index contributed by atoms with van der Waals surface area (Å²) in [7, 11) is 1.33. The fourth-order valence-corrected chi connectivity index (χ4v) is 4.94. The van der Waals surface area contributed by atoms with Crippen LogP contribution in [0.25, 0.3) is 0 Å². The van der Waals surface area contributed by atoms with E-state index in [2.05, 4.69) is 0 Å². The number of methoxy groups -OCH3 is 1. The second-order valence-electron chi connectivity index (χ2n) is 8.51. The smallest absolute Gasteiger partial charge is 0.321 e. The van der Waals surface area contributed by atoms with Crippen LogP contribution in [0.1, 0.15) is 25.7 Å². The fourth-order valence-electron chi connectivity index (χ4n) is 4.94. The molecule has 0 unspecified atom stereocenters. The normalized spacial score (nSPS) is 31.2. The van der Waals surface area contributed by atoms with Gasteiger partial charge >= 0.3 is 5.97 Å². The van der Waals surface area contributed by atoms with Crippen LogP contribution in [-0.2, 0) is 14.3 Å². The molecule has 29 heavy (non-hydrogen) atoms. The molecule has 4 aliphatic rings. The second kappa shape index (κ2) is 6.79. The van der Waals surface area contributed by atoms with E-state index in [-0.39, 0.29) is 30.6 Å². The van der Waals surface area contributed by atoms with Crippen molar-refractivity contribution in [1.82, 2.24) is 4.90 Å². The quantitative estimate of drug-likeness (QED) is 0.599. The number of likely N-dealkylation sites (tertiary alicyclic amines) is 1.